The second-order valence-electron chi connectivity index (χ2n) is 2.81. The van der Waals surface area contributed by atoms with Crippen LogP contribution in [0.15, 0.2) is 6.20 Å². The van der Waals surface area contributed by atoms with Crippen LogP contribution in [0, 0.1) is 11.3 Å². The van der Waals surface area contributed by atoms with Crippen LogP contribution >= 0.6 is 0 Å². The molecule has 4 heteroatoms. The van der Waals surface area contributed by atoms with E-state index in [9.17, 15) is 0 Å². The summed E-state index contributed by atoms with van der Waals surface area (Å²) in [4.78, 5) is 7.98. The van der Waals surface area contributed by atoms with Crippen LogP contribution in [0.25, 0.3) is 0 Å². The maximum atomic E-state index is 8.73. The second kappa shape index (κ2) is 4.41. The van der Waals surface area contributed by atoms with Gasteiger partial charge in [0.05, 0.1) is 11.9 Å². The first kappa shape index (κ1) is 9.46. The molecule has 0 aliphatic carbocycles. The highest BCUT2D eigenvalue weighted by Gasteiger charge is 2.04. The Hall–Kier alpha value is -1.63. The molecule has 2 N–H and O–H groups in total. The van der Waals surface area contributed by atoms with Gasteiger partial charge in [0.2, 0.25) is 0 Å². The SMILES string of the molecule is CCCCc1ncc(N)nc1C#N. The van der Waals surface area contributed by atoms with Gasteiger partial charge in [-0.1, -0.05) is 13.3 Å². The Morgan fingerprint density at radius 2 is 2.38 bits per heavy atom. The molecule has 68 valence electrons. The molecule has 1 aromatic rings. The monoisotopic (exact) mass is 176 g/mol. The number of nitrogens with zero attached hydrogens (tertiary/aromatic N) is 3. The molecule has 4 nitrogen and oxygen atoms in total. The third-order valence-corrected chi connectivity index (χ3v) is 1.74. The number of nitrogens with two attached hydrogens (primary N) is 1. The maximum absolute atomic E-state index is 8.73. The summed E-state index contributed by atoms with van der Waals surface area (Å²) in [5.41, 5.74) is 6.51. The minimum Gasteiger partial charge on any atom is -0.382 e. The van der Waals surface area contributed by atoms with E-state index in [-0.39, 0.29) is 0 Å². The second-order valence-corrected chi connectivity index (χ2v) is 2.81. The standard InChI is InChI=1S/C9H12N4/c1-2-3-4-7-8(5-10)13-9(11)6-12-7/h6H,2-4H2,1H3,(H2,11,13). The molecule has 0 amide bonds. The van der Waals surface area contributed by atoms with Crippen LogP contribution in [0.4, 0.5) is 5.82 Å². The molecule has 0 atom stereocenters. The molecule has 0 saturated carbocycles. The molecule has 0 aliphatic heterocycles. The first-order valence-electron chi connectivity index (χ1n) is 4.29. The van der Waals surface area contributed by atoms with Gasteiger partial charge < -0.3 is 5.73 Å². The molecule has 0 bridgehead atoms. The average molecular weight is 176 g/mol. The molecule has 0 fully saturated rings. The Morgan fingerprint density at radius 1 is 1.62 bits per heavy atom. The number of aryl methyl sites for hydroxylation is 1. The predicted octanol–water partition coefficient (Wildman–Crippen LogP) is 1.27. The van der Waals surface area contributed by atoms with Crippen LogP contribution in [0.1, 0.15) is 31.2 Å². The summed E-state index contributed by atoms with van der Waals surface area (Å²) in [5.74, 6) is 0.303. The number of anilines is 1. The van der Waals surface area contributed by atoms with E-state index in [2.05, 4.69) is 16.9 Å². The van der Waals surface area contributed by atoms with Crippen molar-refractivity contribution in [1.29, 1.82) is 5.26 Å². The summed E-state index contributed by atoms with van der Waals surface area (Å²) < 4.78 is 0. The summed E-state index contributed by atoms with van der Waals surface area (Å²) in [6.07, 6.45) is 4.39. The van der Waals surface area contributed by atoms with Gasteiger partial charge in [-0.05, 0) is 12.8 Å². The van der Waals surface area contributed by atoms with Crippen molar-refractivity contribution in [2.45, 2.75) is 26.2 Å². The Labute approximate surface area is 77.4 Å². The van der Waals surface area contributed by atoms with Crippen molar-refractivity contribution in [3.63, 3.8) is 0 Å². The van der Waals surface area contributed by atoms with Gasteiger partial charge in [-0.15, -0.1) is 0 Å². The van der Waals surface area contributed by atoms with Gasteiger partial charge in [-0.2, -0.15) is 5.26 Å². The fourth-order valence-corrected chi connectivity index (χ4v) is 1.04. The van der Waals surface area contributed by atoms with Crippen LogP contribution in [0.3, 0.4) is 0 Å². The van der Waals surface area contributed by atoms with Gasteiger partial charge in [0.1, 0.15) is 11.9 Å². The molecule has 1 aromatic heterocycles. The Balaban J connectivity index is 2.88. The topological polar surface area (TPSA) is 75.6 Å². The van der Waals surface area contributed by atoms with Crippen LogP contribution in [0.5, 0.6) is 0 Å². The number of hydrogen-bond acceptors (Lipinski definition) is 4. The van der Waals surface area contributed by atoms with Crippen LogP contribution in [0.2, 0.25) is 0 Å². The minimum absolute atomic E-state index is 0.303. The normalized spacial score (nSPS) is 9.54. The molecular formula is C9H12N4. The number of aromatic nitrogens is 2. The fraction of sp³-hybridized carbons (Fsp3) is 0.444. The van der Waals surface area contributed by atoms with Crippen molar-refractivity contribution in [3.05, 3.63) is 17.6 Å². The highest BCUT2D eigenvalue weighted by molar-refractivity contribution is 5.34. The number of nitrogen functional groups attached to an aromatic ring is 1. The third-order valence-electron chi connectivity index (χ3n) is 1.74. The maximum Gasteiger partial charge on any atom is 0.164 e. The number of nitriles is 1. The van der Waals surface area contributed by atoms with Crippen LogP contribution < -0.4 is 5.73 Å². The largest absolute Gasteiger partial charge is 0.382 e. The Morgan fingerprint density at radius 3 is 3.00 bits per heavy atom. The molecule has 0 saturated heterocycles. The molecule has 0 radical (unpaired) electrons. The van der Waals surface area contributed by atoms with Gasteiger partial charge in [0, 0.05) is 0 Å². The van der Waals surface area contributed by atoms with Gasteiger partial charge in [-0.25, -0.2) is 4.98 Å². The first-order chi connectivity index (χ1) is 6.27. The third kappa shape index (κ3) is 2.41. The van der Waals surface area contributed by atoms with Gasteiger partial charge >= 0.3 is 0 Å². The lowest BCUT2D eigenvalue weighted by atomic mass is 10.1. The highest BCUT2D eigenvalue weighted by atomic mass is 14.9. The summed E-state index contributed by atoms with van der Waals surface area (Å²) in [5, 5.41) is 8.73. The molecule has 0 spiro atoms. The summed E-state index contributed by atoms with van der Waals surface area (Å²) >= 11 is 0. The van der Waals surface area contributed by atoms with Crippen molar-refractivity contribution in [2.75, 3.05) is 5.73 Å². The Kier molecular flexibility index (Phi) is 3.21. The molecule has 0 aliphatic rings. The summed E-state index contributed by atoms with van der Waals surface area (Å²) in [7, 11) is 0. The van der Waals surface area contributed by atoms with Crippen LogP contribution in [-0.2, 0) is 6.42 Å². The molecule has 1 rings (SSSR count). The molecular weight excluding hydrogens is 164 g/mol. The zero-order valence-electron chi connectivity index (χ0n) is 7.62. The lowest BCUT2D eigenvalue weighted by molar-refractivity contribution is 0.769. The lowest BCUT2D eigenvalue weighted by Crippen LogP contribution is -2.01. The van der Waals surface area contributed by atoms with Crippen LogP contribution in [-0.4, -0.2) is 9.97 Å². The number of unbranched alkanes of at least 4 members (excludes halogenated alkanes) is 1. The summed E-state index contributed by atoms with van der Waals surface area (Å²) in [6, 6.07) is 1.99. The van der Waals surface area contributed by atoms with Gasteiger partial charge in [0.15, 0.2) is 5.69 Å². The Bertz CT molecular complexity index is 327. The zero-order chi connectivity index (χ0) is 9.68. The van der Waals surface area contributed by atoms with Crippen molar-refractivity contribution >= 4 is 5.82 Å². The molecule has 0 unspecified atom stereocenters. The molecule has 0 aromatic carbocycles. The summed E-state index contributed by atoms with van der Waals surface area (Å²) in [6.45, 7) is 2.09. The van der Waals surface area contributed by atoms with E-state index in [0.29, 0.717) is 11.5 Å². The zero-order valence-corrected chi connectivity index (χ0v) is 7.62. The van der Waals surface area contributed by atoms with E-state index < -0.39 is 0 Å². The van der Waals surface area contributed by atoms with E-state index in [0.717, 1.165) is 25.0 Å². The van der Waals surface area contributed by atoms with Gasteiger partial charge in [0.25, 0.3) is 0 Å². The number of hydrogen-bond donors (Lipinski definition) is 1. The van der Waals surface area contributed by atoms with Gasteiger partial charge in [-0.3, -0.25) is 4.98 Å². The number of rotatable bonds is 3. The van der Waals surface area contributed by atoms with E-state index >= 15 is 0 Å². The lowest BCUT2D eigenvalue weighted by Gasteiger charge is -2.00. The molecule has 13 heavy (non-hydrogen) atoms. The van der Waals surface area contributed by atoms with E-state index in [1.54, 1.807) is 0 Å². The molecule has 1 heterocycles. The van der Waals surface area contributed by atoms with E-state index in [1.165, 1.54) is 6.20 Å². The predicted molar refractivity (Wildman–Crippen MR) is 49.8 cm³/mol. The van der Waals surface area contributed by atoms with Crippen molar-refractivity contribution in [1.82, 2.24) is 9.97 Å². The van der Waals surface area contributed by atoms with Crippen molar-refractivity contribution in [2.24, 2.45) is 0 Å². The average Bonchev–Trinajstić information content (AvgIpc) is 2.16. The first-order valence-corrected chi connectivity index (χ1v) is 4.29. The van der Waals surface area contributed by atoms with Crippen molar-refractivity contribution < 1.29 is 0 Å². The quantitative estimate of drug-likeness (QED) is 0.752. The van der Waals surface area contributed by atoms with Crippen molar-refractivity contribution in [3.8, 4) is 6.07 Å². The minimum atomic E-state index is 0.303. The van der Waals surface area contributed by atoms with E-state index in [4.69, 9.17) is 11.0 Å². The fourth-order valence-electron chi connectivity index (χ4n) is 1.04. The smallest absolute Gasteiger partial charge is 0.164 e. The highest BCUT2D eigenvalue weighted by Crippen LogP contribution is 2.07. The van der Waals surface area contributed by atoms with E-state index in [1.807, 2.05) is 6.07 Å².